The number of anilines is 1. The van der Waals surface area contributed by atoms with Crippen molar-refractivity contribution in [3.8, 4) is 0 Å². The Kier molecular flexibility index (Phi) is 7.17. The van der Waals surface area contributed by atoms with Crippen LogP contribution in [0.15, 0.2) is 34.7 Å². The summed E-state index contributed by atoms with van der Waals surface area (Å²) in [4.78, 5) is 22.3. The van der Waals surface area contributed by atoms with Gasteiger partial charge in [-0.3, -0.25) is 4.79 Å². The van der Waals surface area contributed by atoms with Gasteiger partial charge in [-0.05, 0) is 24.6 Å². The second-order valence-electron chi connectivity index (χ2n) is 7.59. The predicted octanol–water partition coefficient (Wildman–Crippen LogP) is 1.56. The molecule has 2 aliphatic rings. The van der Waals surface area contributed by atoms with Gasteiger partial charge in [0, 0.05) is 69.1 Å². The highest BCUT2D eigenvalue weighted by molar-refractivity contribution is 7.99. The van der Waals surface area contributed by atoms with Crippen molar-refractivity contribution in [2.45, 2.75) is 11.4 Å². The summed E-state index contributed by atoms with van der Waals surface area (Å²) in [6.07, 6.45) is 1.76. The van der Waals surface area contributed by atoms with Crippen LogP contribution in [-0.4, -0.2) is 86.3 Å². The number of sulfonamides is 1. The molecule has 4 heterocycles. The molecule has 0 atom stereocenters. The van der Waals surface area contributed by atoms with Crippen LogP contribution in [0.1, 0.15) is 15.2 Å². The van der Waals surface area contributed by atoms with Crippen LogP contribution in [0.2, 0.25) is 0 Å². The van der Waals surface area contributed by atoms with Crippen LogP contribution >= 0.6 is 23.1 Å². The molecule has 2 aliphatic heterocycles. The van der Waals surface area contributed by atoms with Crippen molar-refractivity contribution in [2.24, 2.45) is 0 Å². The number of rotatable bonds is 6. The molecule has 0 aliphatic carbocycles. The Balaban J connectivity index is 1.47. The van der Waals surface area contributed by atoms with Gasteiger partial charge < -0.3 is 15.1 Å². The molecule has 2 aromatic heterocycles. The van der Waals surface area contributed by atoms with Crippen molar-refractivity contribution in [1.29, 1.82) is 0 Å². The number of hydrogen-bond acceptors (Lipinski definition) is 8. The van der Waals surface area contributed by atoms with Crippen molar-refractivity contribution < 1.29 is 13.2 Å². The third kappa shape index (κ3) is 5.06. The molecule has 1 N–H and O–H groups in total. The van der Waals surface area contributed by atoms with Crippen LogP contribution in [0.4, 0.5) is 5.82 Å². The minimum Gasteiger partial charge on any atom is -0.354 e. The average Bonchev–Trinajstić information content (AvgIpc) is 3.30. The average molecular weight is 482 g/mol. The van der Waals surface area contributed by atoms with Crippen LogP contribution in [-0.2, 0) is 16.6 Å². The summed E-state index contributed by atoms with van der Waals surface area (Å²) in [7, 11) is -1.56. The standard InChI is InChI=1S/C20H27N5O3S3/c1-23-6-8-24(9-7-23)19-16(3-2-5-21-19)15-22-20(26)18-17(4-12-30-18)31(27,28)25-10-13-29-14-11-25/h2-5,12H,6-11,13-15H2,1H3,(H,22,26). The van der Waals surface area contributed by atoms with E-state index in [4.69, 9.17) is 0 Å². The molecular formula is C20H27N5O3S3. The number of aromatic nitrogens is 1. The van der Waals surface area contributed by atoms with Crippen LogP contribution in [0, 0.1) is 0 Å². The fourth-order valence-electron chi connectivity index (χ4n) is 3.72. The monoisotopic (exact) mass is 481 g/mol. The van der Waals surface area contributed by atoms with Gasteiger partial charge in [0.05, 0.1) is 0 Å². The SMILES string of the molecule is CN1CCN(c2ncccc2CNC(=O)c2sccc2S(=O)(=O)N2CCSCC2)CC1. The summed E-state index contributed by atoms with van der Waals surface area (Å²) in [5.74, 6) is 2.07. The number of nitrogens with zero attached hydrogens (tertiary/aromatic N) is 4. The minimum atomic E-state index is -3.66. The van der Waals surface area contributed by atoms with E-state index in [2.05, 4.69) is 27.1 Å². The Morgan fingerprint density at radius 2 is 1.87 bits per heavy atom. The summed E-state index contributed by atoms with van der Waals surface area (Å²) in [6, 6.07) is 5.35. The quantitative estimate of drug-likeness (QED) is 0.670. The highest BCUT2D eigenvalue weighted by atomic mass is 32.2. The van der Waals surface area contributed by atoms with Crippen molar-refractivity contribution in [3.63, 3.8) is 0 Å². The van der Waals surface area contributed by atoms with Crippen LogP contribution in [0.25, 0.3) is 0 Å². The molecule has 0 bridgehead atoms. The Morgan fingerprint density at radius 1 is 1.13 bits per heavy atom. The fraction of sp³-hybridized carbons (Fsp3) is 0.500. The molecule has 0 spiro atoms. The van der Waals surface area contributed by atoms with Crippen LogP contribution < -0.4 is 10.2 Å². The summed E-state index contributed by atoms with van der Waals surface area (Å²) < 4.78 is 27.6. The number of amides is 1. The van der Waals surface area contributed by atoms with Gasteiger partial charge in [0.1, 0.15) is 15.6 Å². The first-order chi connectivity index (χ1) is 15.0. The summed E-state index contributed by atoms with van der Waals surface area (Å²) >= 11 is 2.91. The first-order valence-electron chi connectivity index (χ1n) is 10.3. The number of likely N-dealkylation sites (N-methyl/N-ethyl adjacent to an activating group) is 1. The smallest absolute Gasteiger partial charge is 0.263 e. The predicted molar refractivity (Wildman–Crippen MR) is 126 cm³/mol. The molecule has 4 rings (SSSR count). The molecule has 2 fully saturated rings. The van der Waals surface area contributed by atoms with E-state index in [1.54, 1.807) is 23.3 Å². The Morgan fingerprint density at radius 3 is 2.61 bits per heavy atom. The molecule has 0 radical (unpaired) electrons. The maximum absolute atomic E-state index is 13.1. The van der Waals surface area contributed by atoms with E-state index < -0.39 is 10.0 Å². The number of thioether (sulfide) groups is 1. The minimum absolute atomic E-state index is 0.104. The first kappa shape index (κ1) is 22.5. The number of pyridine rings is 1. The lowest BCUT2D eigenvalue weighted by Gasteiger charge is -2.34. The fourth-order valence-corrected chi connectivity index (χ4v) is 7.61. The van der Waals surface area contributed by atoms with Gasteiger partial charge in [-0.15, -0.1) is 11.3 Å². The van der Waals surface area contributed by atoms with E-state index in [9.17, 15) is 13.2 Å². The summed E-state index contributed by atoms with van der Waals surface area (Å²) in [5, 5.41) is 4.58. The van der Waals surface area contributed by atoms with E-state index in [0.717, 1.165) is 60.4 Å². The number of piperazine rings is 1. The molecule has 1 amide bonds. The highest BCUT2D eigenvalue weighted by Crippen LogP contribution is 2.27. The van der Waals surface area contributed by atoms with Crippen molar-refractivity contribution in [1.82, 2.24) is 19.5 Å². The van der Waals surface area contributed by atoms with Crippen LogP contribution in [0.5, 0.6) is 0 Å². The van der Waals surface area contributed by atoms with Crippen molar-refractivity contribution in [2.75, 3.05) is 62.7 Å². The Hall–Kier alpha value is -1.66. The van der Waals surface area contributed by atoms with Gasteiger partial charge in [-0.25, -0.2) is 13.4 Å². The normalized spacial score (nSPS) is 18.8. The molecule has 11 heteroatoms. The second kappa shape index (κ2) is 9.86. The van der Waals surface area contributed by atoms with E-state index in [1.807, 2.05) is 12.1 Å². The largest absolute Gasteiger partial charge is 0.354 e. The lowest BCUT2D eigenvalue weighted by Crippen LogP contribution is -2.45. The lowest BCUT2D eigenvalue weighted by atomic mass is 10.2. The summed E-state index contributed by atoms with van der Waals surface area (Å²) in [5.41, 5.74) is 0.925. The van der Waals surface area contributed by atoms with Crippen molar-refractivity contribution in [3.05, 3.63) is 40.2 Å². The second-order valence-corrected chi connectivity index (χ2v) is 11.6. The molecule has 168 valence electrons. The van der Waals surface area contributed by atoms with Gasteiger partial charge >= 0.3 is 0 Å². The van der Waals surface area contributed by atoms with Crippen LogP contribution in [0.3, 0.4) is 0 Å². The third-order valence-electron chi connectivity index (χ3n) is 5.53. The maximum Gasteiger partial charge on any atom is 0.263 e. The number of nitrogens with one attached hydrogen (secondary N) is 1. The molecule has 31 heavy (non-hydrogen) atoms. The Labute approximate surface area is 191 Å². The number of carbonyl (C=O) groups is 1. The van der Waals surface area contributed by atoms with Gasteiger partial charge in [-0.1, -0.05) is 6.07 Å². The molecule has 2 saturated heterocycles. The highest BCUT2D eigenvalue weighted by Gasteiger charge is 2.31. The van der Waals surface area contributed by atoms with E-state index in [-0.39, 0.29) is 15.7 Å². The topological polar surface area (TPSA) is 85.8 Å². The zero-order chi connectivity index (χ0) is 21.8. The number of carbonyl (C=O) groups excluding carboxylic acids is 1. The summed E-state index contributed by atoms with van der Waals surface area (Å²) in [6.45, 7) is 4.96. The number of hydrogen-bond donors (Lipinski definition) is 1. The van der Waals surface area contributed by atoms with E-state index in [0.29, 0.717) is 19.6 Å². The zero-order valence-corrected chi connectivity index (χ0v) is 19.9. The lowest BCUT2D eigenvalue weighted by molar-refractivity contribution is 0.0952. The van der Waals surface area contributed by atoms with Gasteiger partial charge in [0.2, 0.25) is 10.0 Å². The van der Waals surface area contributed by atoms with Gasteiger partial charge in [0.15, 0.2) is 0 Å². The molecule has 2 aromatic rings. The number of thiophene rings is 1. The molecule has 0 aromatic carbocycles. The Bertz CT molecular complexity index is 1010. The maximum atomic E-state index is 13.1. The van der Waals surface area contributed by atoms with E-state index >= 15 is 0 Å². The first-order valence-corrected chi connectivity index (χ1v) is 13.8. The molecule has 0 unspecified atom stereocenters. The zero-order valence-electron chi connectivity index (χ0n) is 17.5. The van der Waals surface area contributed by atoms with Gasteiger partial charge in [0.25, 0.3) is 5.91 Å². The molecule has 8 nitrogen and oxygen atoms in total. The molecule has 0 saturated carbocycles. The third-order valence-corrected chi connectivity index (χ3v) is 9.46. The van der Waals surface area contributed by atoms with E-state index in [1.165, 1.54) is 10.4 Å². The van der Waals surface area contributed by atoms with Crippen molar-refractivity contribution >= 4 is 44.8 Å². The van der Waals surface area contributed by atoms with Gasteiger partial charge in [-0.2, -0.15) is 16.1 Å². The molecular weight excluding hydrogens is 454 g/mol.